The summed E-state index contributed by atoms with van der Waals surface area (Å²) in [5.74, 6) is -0.0130. The molecular formula is C16H23N3O3S. The van der Waals surface area contributed by atoms with E-state index >= 15 is 0 Å². The van der Waals surface area contributed by atoms with Crippen LogP contribution in [0.25, 0.3) is 0 Å². The van der Waals surface area contributed by atoms with Gasteiger partial charge in [-0.25, -0.2) is 8.42 Å². The third-order valence-electron chi connectivity index (χ3n) is 4.83. The van der Waals surface area contributed by atoms with Crippen LogP contribution in [0.4, 0.5) is 5.69 Å². The molecule has 3 rings (SSSR count). The van der Waals surface area contributed by atoms with Crippen LogP contribution in [0.5, 0.6) is 0 Å². The number of nitrogens with one attached hydrogen (secondary N) is 1. The highest BCUT2D eigenvalue weighted by Gasteiger charge is 2.33. The van der Waals surface area contributed by atoms with Crippen LogP contribution >= 0.6 is 0 Å². The van der Waals surface area contributed by atoms with Gasteiger partial charge in [0.15, 0.2) is 0 Å². The standard InChI is InChI=1S/C16H23N3O3S/c1-11-8-13-9-15(4-5-16(13)19(11)12(2)20)23(21,22)18(3)14-6-7-17-10-14/h4-5,9,11,14,17H,6-8,10H2,1-3H3. The van der Waals surface area contributed by atoms with Gasteiger partial charge in [0.05, 0.1) is 4.90 Å². The number of rotatable bonds is 3. The van der Waals surface area contributed by atoms with Gasteiger partial charge < -0.3 is 10.2 Å². The molecule has 2 atom stereocenters. The molecule has 2 heterocycles. The summed E-state index contributed by atoms with van der Waals surface area (Å²) in [5.41, 5.74) is 1.75. The number of hydrogen-bond acceptors (Lipinski definition) is 4. The van der Waals surface area contributed by atoms with Crippen molar-refractivity contribution < 1.29 is 13.2 Å². The fraction of sp³-hybridized carbons (Fsp3) is 0.562. The fourth-order valence-corrected chi connectivity index (χ4v) is 5.00. The normalized spacial score (nSPS) is 24.3. The Bertz CT molecular complexity index is 726. The van der Waals surface area contributed by atoms with Gasteiger partial charge >= 0.3 is 0 Å². The van der Waals surface area contributed by atoms with Crippen LogP contribution in [0, 0.1) is 0 Å². The number of nitrogens with zero attached hydrogens (tertiary/aromatic N) is 2. The average molecular weight is 337 g/mol. The molecule has 23 heavy (non-hydrogen) atoms. The van der Waals surface area contributed by atoms with Crippen molar-refractivity contribution in [3.63, 3.8) is 0 Å². The van der Waals surface area contributed by atoms with Crippen LogP contribution in [-0.2, 0) is 21.2 Å². The minimum Gasteiger partial charge on any atom is -0.315 e. The monoisotopic (exact) mass is 337 g/mol. The molecule has 0 spiro atoms. The lowest BCUT2D eigenvalue weighted by molar-refractivity contribution is -0.116. The molecule has 1 fully saturated rings. The van der Waals surface area contributed by atoms with E-state index in [2.05, 4.69) is 5.32 Å². The van der Waals surface area contributed by atoms with E-state index in [1.807, 2.05) is 6.92 Å². The van der Waals surface area contributed by atoms with E-state index in [9.17, 15) is 13.2 Å². The van der Waals surface area contributed by atoms with Crippen LogP contribution in [0.1, 0.15) is 25.8 Å². The first kappa shape index (κ1) is 16.4. The lowest BCUT2D eigenvalue weighted by Gasteiger charge is -2.24. The molecule has 0 aliphatic carbocycles. The second-order valence-electron chi connectivity index (χ2n) is 6.40. The molecule has 0 saturated carbocycles. The summed E-state index contributed by atoms with van der Waals surface area (Å²) < 4.78 is 27.1. The van der Waals surface area contributed by atoms with Crippen LogP contribution in [0.2, 0.25) is 0 Å². The Balaban J connectivity index is 1.93. The smallest absolute Gasteiger partial charge is 0.243 e. The van der Waals surface area contributed by atoms with E-state index in [0.29, 0.717) is 17.9 Å². The van der Waals surface area contributed by atoms with Crippen LogP contribution in [-0.4, -0.2) is 50.9 Å². The molecule has 126 valence electrons. The number of hydrogen-bond donors (Lipinski definition) is 1. The van der Waals surface area contributed by atoms with E-state index in [1.165, 1.54) is 11.2 Å². The second-order valence-corrected chi connectivity index (χ2v) is 8.40. The van der Waals surface area contributed by atoms with Gasteiger partial charge in [0.1, 0.15) is 0 Å². The van der Waals surface area contributed by atoms with E-state index in [-0.39, 0.29) is 18.0 Å². The Hall–Kier alpha value is -1.44. The van der Waals surface area contributed by atoms with Crippen molar-refractivity contribution in [2.45, 2.75) is 43.7 Å². The predicted octanol–water partition coefficient (Wildman–Crippen LogP) is 0.966. The number of likely N-dealkylation sites (N-methyl/N-ethyl adjacent to an activating group) is 1. The second kappa shape index (κ2) is 5.89. The summed E-state index contributed by atoms with van der Waals surface area (Å²) in [6, 6.07) is 5.16. The number of fused-ring (bicyclic) bond motifs is 1. The van der Waals surface area contributed by atoms with E-state index in [1.54, 1.807) is 30.1 Å². The minimum absolute atomic E-state index is 0.000830. The Morgan fingerprint density at radius 3 is 2.74 bits per heavy atom. The van der Waals surface area contributed by atoms with E-state index in [0.717, 1.165) is 24.2 Å². The molecule has 1 N–H and O–H groups in total. The number of carbonyl (C=O) groups excluding carboxylic acids is 1. The van der Waals surface area contributed by atoms with Crippen molar-refractivity contribution in [2.75, 3.05) is 25.0 Å². The third kappa shape index (κ3) is 2.77. The average Bonchev–Trinajstić information content (AvgIpc) is 3.11. The lowest BCUT2D eigenvalue weighted by Crippen LogP contribution is -2.38. The van der Waals surface area contributed by atoms with Gasteiger partial charge in [-0.05, 0) is 50.1 Å². The summed E-state index contributed by atoms with van der Waals surface area (Å²) >= 11 is 0. The van der Waals surface area contributed by atoms with E-state index in [4.69, 9.17) is 0 Å². The van der Waals surface area contributed by atoms with Crippen LogP contribution in [0.15, 0.2) is 23.1 Å². The molecular weight excluding hydrogens is 314 g/mol. The number of carbonyl (C=O) groups is 1. The maximum Gasteiger partial charge on any atom is 0.243 e. The molecule has 2 aliphatic rings. The number of sulfonamides is 1. The lowest BCUT2D eigenvalue weighted by atomic mass is 10.1. The SMILES string of the molecule is CC(=O)N1c2ccc(S(=O)(=O)N(C)C3CCNC3)cc2CC1C. The molecule has 1 aromatic rings. The van der Waals surface area contributed by atoms with E-state index < -0.39 is 10.0 Å². The van der Waals surface area contributed by atoms with Crippen molar-refractivity contribution in [1.82, 2.24) is 9.62 Å². The largest absolute Gasteiger partial charge is 0.315 e. The molecule has 6 nitrogen and oxygen atoms in total. The Morgan fingerprint density at radius 2 is 2.13 bits per heavy atom. The Labute approximate surface area is 137 Å². The maximum atomic E-state index is 12.8. The first-order valence-corrected chi connectivity index (χ1v) is 9.38. The molecule has 1 aromatic carbocycles. The third-order valence-corrected chi connectivity index (χ3v) is 6.74. The van der Waals surface area contributed by atoms with Gasteiger partial charge in [-0.1, -0.05) is 0 Å². The highest BCUT2D eigenvalue weighted by molar-refractivity contribution is 7.89. The van der Waals surface area contributed by atoms with Crippen molar-refractivity contribution in [3.05, 3.63) is 23.8 Å². The minimum atomic E-state index is -3.51. The summed E-state index contributed by atoms with van der Waals surface area (Å²) in [6.07, 6.45) is 1.52. The van der Waals surface area contributed by atoms with Crippen LogP contribution in [0.3, 0.4) is 0 Å². The number of amides is 1. The van der Waals surface area contributed by atoms with Gasteiger partial charge in [0.2, 0.25) is 15.9 Å². The fourth-order valence-electron chi connectivity index (χ4n) is 3.56. The first-order chi connectivity index (χ1) is 10.8. The number of benzene rings is 1. The van der Waals surface area contributed by atoms with Gasteiger partial charge in [-0.2, -0.15) is 4.31 Å². The Kier molecular flexibility index (Phi) is 4.20. The summed E-state index contributed by atoms with van der Waals surface area (Å²) in [7, 11) is -1.87. The topological polar surface area (TPSA) is 69.7 Å². The first-order valence-electron chi connectivity index (χ1n) is 7.94. The Morgan fingerprint density at radius 1 is 1.39 bits per heavy atom. The zero-order chi connectivity index (χ0) is 16.8. The van der Waals surface area contributed by atoms with Gasteiger partial charge in [-0.3, -0.25) is 4.79 Å². The zero-order valence-corrected chi connectivity index (χ0v) is 14.6. The molecule has 2 aliphatic heterocycles. The highest BCUT2D eigenvalue weighted by Crippen LogP contribution is 2.34. The van der Waals surface area contributed by atoms with Gasteiger partial charge in [0.25, 0.3) is 0 Å². The predicted molar refractivity (Wildman–Crippen MR) is 89.0 cm³/mol. The summed E-state index contributed by atoms with van der Waals surface area (Å²) in [4.78, 5) is 13.8. The quantitative estimate of drug-likeness (QED) is 0.892. The molecule has 1 amide bonds. The molecule has 0 bridgehead atoms. The molecule has 7 heteroatoms. The van der Waals surface area contributed by atoms with Crippen molar-refractivity contribution in [3.8, 4) is 0 Å². The molecule has 2 unspecified atom stereocenters. The van der Waals surface area contributed by atoms with Crippen molar-refractivity contribution in [2.24, 2.45) is 0 Å². The van der Waals surface area contributed by atoms with Crippen LogP contribution < -0.4 is 10.2 Å². The molecule has 0 aromatic heterocycles. The van der Waals surface area contributed by atoms with Crippen molar-refractivity contribution >= 4 is 21.6 Å². The highest BCUT2D eigenvalue weighted by atomic mass is 32.2. The zero-order valence-electron chi connectivity index (χ0n) is 13.7. The summed E-state index contributed by atoms with van der Waals surface area (Å²) in [6.45, 7) is 5.05. The molecule has 1 saturated heterocycles. The summed E-state index contributed by atoms with van der Waals surface area (Å²) in [5, 5.41) is 3.19. The molecule has 0 radical (unpaired) electrons. The van der Waals surface area contributed by atoms with Crippen molar-refractivity contribution in [1.29, 1.82) is 0 Å². The number of anilines is 1. The maximum absolute atomic E-state index is 12.8. The van der Waals surface area contributed by atoms with Gasteiger partial charge in [-0.15, -0.1) is 0 Å². The van der Waals surface area contributed by atoms with Gasteiger partial charge in [0, 0.05) is 38.3 Å².